The molecule has 2 atom stereocenters. The number of piperidine rings is 2. The Labute approximate surface area is 117 Å². The molecule has 0 saturated carbocycles. The highest BCUT2D eigenvalue weighted by Crippen LogP contribution is 2.30. The van der Waals surface area contributed by atoms with Crippen LogP contribution in [0.5, 0.6) is 0 Å². The van der Waals surface area contributed by atoms with E-state index in [9.17, 15) is 4.79 Å². The average molecular weight is 267 g/mol. The summed E-state index contributed by atoms with van der Waals surface area (Å²) in [6.07, 6.45) is 6.89. The Bertz CT molecular complexity index is 300. The fourth-order valence-electron chi connectivity index (χ4n) is 3.42. The molecular formula is C15H29N3O. The lowest BCUT2D eigenvalue weighted by Crippen LogP contribution is -2.53. The van der Waals surface area contributed by atoms with E-state index in [0.29, 0.717) is 6.04 Å². The van der Waals surface area contributed by atoms with Gasteiger partial charge in [-0.05, 0) is 52.2 Å². The molecule has 1 amide bonds. The Balaban J connectivity index is 1.85. The van der Waals surface area contributed by atoms with Crippen molar-refractivity contribution >= 4 is 5.91 Å². The summed E-state index contributed by atoms with van der Waals surface area (Å²) < 4.78 is 0. The van der Waals surface area contributed by atoms with Crippen LogP contribution >= 0.6 is 0 Å². The molecule has 2 unspecified atom stereocenters. The highest BCUT2D eigenvalue weighted by atomic mass is 16.2. The van der Waals surface area contributed by atoms with E-state index in [0.717, 1.165) is 38.9 Å². The summed E-state index contributed by atoms with van der Waals surface area (Å²) >= 11 is 0. The molecule has 0 bridgehead atoms. The van der Waals surface area contributed by atoms with Crippen LogP contribution < -0.4 is 10.6 Å². The summed E-state index contributed by atoms with van der Waals surface area (Å²) in [5.41, 5.74) is -0.161. The lowest BCUT2D eigenvalue weighted by molar-refractivity contribution is -0.132. The highest BCUT2D eigenvalue weighted by Gasteiger charge is 2.37. The number of likely N-dealkylation sites (tertiary alicyclic amines) is 1. The van der Waals surface area contributed by atoms with Gasteiger partial charge in [-0.25, -0.2) is 0 Å². The van der Waals surface area contributed by atoms with Crippen LogP contribution in [0.1, 0.15) is 45.4 Å². The molecule has 2 N–H and O–H groups in total. The molecule has 0 aromatic heterocycles. The molecule has 2 heterocycles. The number of likely N-dealkylation sites (N-methyl/N-ethyl adjacent to an activating group) is 1. The summed E-state index contributed by atoms with van der Waals surface area (Å²) in [6.45, 7) is 6.02. The summed E-state index contributed by atoms with van der Waals surface area (Å²) in [4.78, 5) is 14.9. The van der Waals surface area contributed by atoms with Gasteiger partial charge in [0, 0.05) is 19.1 Å². The van der Waals surface area contributed by atoms with Gasteiger partial charge >= 0.3 is 0 Å². The number of rotatable bonds is 4. The standard InChI is InChI=1S/C15H29N3O/c1-3-15(8-6-9-16-12-15)14(19)17-11-13-7-4-5-10-18(13)2/h13,16H,3-12H2,1-2H3,(H,17,19). The molecular weight excluding hydrogens is 238 g/mol. The fourth-order valence-corrected chi connectivity index (χ4v) is 3.42. The summed E-state index contributed by atoms with van der Waals surface area (Å²) in [7, 11) is 2.17. The predicted molar refractivity (Wildman–Crippen MR) is 78.1 cm³/mol. The van der Waals surface area contributed by atoms with Crippen LogP contribution in [-0.2, 0) is 4.79 Å². The van der Waals surface area contributed by atoms with Crippen LogP contribution in [0.25, 0.3) is 0 Å². The van der Waals surface area contributed by atoms with E-state index in [1.165, 1.54) is 25.8 Å². The van der Waals surface area contributed by atoms with Crippen molar-refractivity contribution in [3.8, 4) is 0 Å². The van der Waals surface area contributed by atoms with E-state index in [1.807, 2.05) is 0 Å². The highest BCUT2D eigenvalue weighted by molar-refractivity contribution is 5.83. The van der Waals surface area contributed by atoms with Gasteiger partial charge in [0.05, 0.1) is 5.41 Å². The summed E-state index contributed by atoms with van der Waals surface area (Å²) in [5.74, 6) is 0.265. The van der Waals surface area contributed by atoms with Crippen molar-refractivity contribution in [2.75, 3.05) is 33.2 Å². The number of hydrogen-bond donors (Lipinski definition) is 2. The van der Waals surface area contributed by atoms with Crippen LogP contribution in [0.15, 0.2) is 0 Å². The maximum atomic E-state index is 12.5. The maximum Gasteiger partial charge on any atom is 0.227 e. The van der Waals surface area contributed by atoms with E-state index in [2.05, 4.69) is 29.5 Å². The van der Waals surface area contributed by atoms with Gasteiger partial charge < -0.3 is 15.5 Å². The molecule has 0 radical (unpaired) electrons. The Morgan fingerprint density at radius 3 is 2.89 bits per heavy atom. The van der Waals surface area contributed by atoms with E-state index in [4.69, 9.17) is 0 Å². The van der Waals surface area contributed by atoms with Gasteiger partial charge in [-0.15, -0.1) is 0 Å². The summed E-state index contributed by atoms with van der Waals surface area (Å²) in [5, 5.41) is 6.61. The largest absolute Gasteiger partial charge is 0.354 e. The number of hydrogen-bond acceptors (Lipinski definition) is 3. The topological polar surface area (TPSA) is 44.4 Å². The molecule has 2 aliphatic rings. The quantitative estimate of drug-likeness (QED) is 0.808. The van der Waals surface area contributed by atoms with Crippen LogP contribution in [0.2, 0.25) is 0 Å². The van der Waals surface area contributed by atoms with Crippen molar-refractivity contribution in [2.45, 2.75) is 51.5 Å². The van der Waals surface area contributed by atoms with Gasteiger partial charge in [0.15, 0.2) is 0 Å². The van der Waals surface area contributed by atoms with E-state index in [-0.39, 0.29) is 11.3 Å². The van der Waals surface area contributed by atoms with Crippen molar-refractivity contribution < 1.29 is 4.79 Å². The monoisotopic (exact) mass is 267 g/mol. The zero-order chi connectivity index (χ0) is 13.7. The predicted octanol–water partition coefficient (Wildman–Crippen LogP) is 1.37. The van der Waals surface area contributed by atoms with Crippen LogP contribution in [0.3, 0.4) is 0 Å². The van der Waals surface area contributed by atoms with Crippen molar-refractivity contribution in [1.82, 2.24) is 15.5 Å². The molecule has 4 nitrogen and oxygen atoms in total. The molecule has 19 heavy (non-hydrogen) atoms. The minimum atomic E-state index is -0.161. The first-order valence-electron chi connectivity index (χ1n) is 7.87. The first kappa shape index (κ1) is 14.8. The van der Waals surface area contributed by atoms with Gasteiger partial charge in [-0.1, -0.05) is 13.3 Å². The number of nitrogens with one attached hydrogen (secondary N) is 2. The molecule has 2 saturated heterocycles. The Hall–Kier alpha value is -0.610. The molecule has 0 aliphatic carbocycles. The first-order valence-corrected chi connectivity index (χ1v) is 7.87. The van der Waals surface area contributed by atoms with E-state index < -0.39 is 0 Å². The second-order valence-corrected chi connectivity index (χ2v) is 6.25. The second-order valence-electron chi connectivity index (χ2n) is 6.25. The van der Waals surface area contributed by atoms with Crippen molar-refractivity contribution in [3.05, 3.63) is 0 Å². The fraction of sp³-hybridized carbons (Fsp3) is 0.933. The zero-order valence-electron chi connectivity index (χ0n) is 12.5. The molecule has 0 aromatic carbocycles. The number of amides is 1. The van der Waals surface area contributed by atoms with Gasteiger partial charge in [0.2, 0.25) is 5.91 Å². The van der Waals surface area contributed by atoms with Gasteiger partial charge in [-0.3, -0.25) is 4.79 Å². The van der Waals surface area contributed by atoms with Crippen molar-refractivity contribution in [1.29, 1.82) is 0 Å². The second kappa shape index (κ2) is 6.71. The van der Waals surface area contributed by atoms with Crippen molar-refractivity contribution in [2.24, 2.45) is 5.41 Å². The van der Waals surface area contributed by atoms with Crippen LogP contribution in [-0.4, -0.2) is 50.1 Å². The number of carbonyl (C=O) groups is 1. The Morgan fingerprint density at radius 1 is 1.42 bits per heavy atom. The third-order valence-corrected chi connectivity index (χ3v) is 5.05. The first-order chi connectivity index (χ1) is 9.18. The SMILES string of the molecule is CCC1(C(=O)NCC2CCCCN2C)CCCNC1. The summed E-state index contributed by atoms with van der Waals surface area (Å²) in [6, 6.07) is 0.531. The molecule has 0 spiro atoms. The van der Waals surface area contributed by atoms with E-state index >= 15 is 0 Å². The van der Waals surface area contributed by atoms with Crippen LogP contribution in [0.4, 0.5) is 0 Å². The minimum Gasteiger partial charge on any atom is -0.354 e. The average Bonchev–Trinajstić information content (AvgIpc) is 2.46. The van der Waals surface area contributed by atoms with Crippen molar-refractivity contribution in [3.63, 3.8) is 0 Å². The molecule has 2 aliphatic heterocycles. The smallest absolute Gasteiger partial charge is 0.227 e. The van der Waals surface area contributed by atoms with Crippen LogP contribution in [0, 0.1) is 5.41 Å². The molecule has 4 heteroatoms. The minimum absolute atomic E-state index is 0.161. The third kappa shape index (κ3) is 3.48. The zero-order valence-corrected chi connectivity index (χ0v) is 12.5. The van der Waals surface area contributed by atoms with Gasteiger partial charge in [0.25, 0.3) is 0 Å². The molecule has 110 valence electrons. The molecule has 0 aromatic rings. The third-order valence-electron chi connectivity index (χ3n) is 5.05. The Morgan fingerprint density at radius 2 is 2.26 bits per heavy atom. The normalized spacial score (nSPS) is 33.1. The van der Waals surface area contributed by atoms with Gasteiger partial charge in [0.1, 0.15) is 0 Å². The maximum absolute atomic E-state index is 12.5. The van der Waals surface area contributed by atoms with Gasteiger partial charge in [-0.2, -0.15) is 0 Å². The molecule has 2 fully saturated rings. The Kier molecular flexibility index (Phi) is 5.22. The number of carbonyl (C=O) groups excluding carboxylic acids is 1. The molecule has 2 rings (SSSR count). The lowest BCUT2D eigenvalue weighted by atomic mass is 9.77. The van der Waals surface area contributed by atoms with E-state index in [1.54, 1.807) is 0 Å². The number of nitrogens with zero attached hydrogens (tertiary/aromatic N) is 1. The lowest BCUT2D eigenvalue weighted by Gasteiger charge is -2.37.